The lowest BCUT2D eigenvalue weighted by Gasteiger charge is -2.33. The van der Waals surface area contributed by atoms with Crippen molar-refractivity contribution < 1.29 is 25.6 Å². The maximum absolute atomic E-state index is 13.9. The fourth-order valence-corrected chi connectivity index (χ4v) is 6.39. The van der Waals surface area contributed by atoms with E-state index in [-0.39, 0.29) is 36.1 Å². The number of hydrogen-bond donors (Lipinski definition) is 0. The molecule has 1 aliphatic heterocycles. The third-order valence-electron chi connectivity index (χ3n) is 4.41. The van der Waals surface area contributed by atoms with Crippen LogP contribution in [0.5, 0.6) is 0 Å². The summed E-state index contributed by atoms with van der Waals surface area (Å²) in [5.74, 6) is -2.08. The lowest BCUT2D eigenvalue weighted by atomic mass is 10.2. The Balaban J connectivity index is 1.80. The van der Waals surface area contributed by atoms with Gasteiger partial charge in [0.15, 0.2) is 0 Å². The zero-order chi connectivity index (χ0) is 20.7. The van der Waals surface area contributed by atoms with E-state index >= 15 is 0 Å². The second-order valence-electron chi connectivity index (χ2n) is 6.32. The number of piperazine rings is 1. The van der Waals surface area contributed by atoms with Crippen LogP contribution in [0.25, 0.3) is 0 Å². The van der Waals surface area contributed by atoms with Gasteiger partial charge in [0.05, 0.1) is 5.02 Å². The van der Waals surface area contributed by atoms with Crippen LogP contribution in [0.15, 0.2) is 46.2 Å². The molecule has 2 aromatic rings. The van der Waals surface area contributed by atoms with E-state index < -0.39 is 36.6 Å². The van der Waals surface area contributed by atoms with Crippen molar-refractivity contribution in [3.8, 4) is 0 Å². The van der Waals surface area contributed by atoms with E-state index in [1.165, 1.54) is 12.1 Å². The van der Waals surface area contributed by atoms with E-state index in [9.17, 15) is 25.6 Å². The van der Waals surface area contributed by atoms with Gasteiger partial charge in [-0.25, -0.2) is 25.6 Å². The number of sulfonamides is 2. The lowest BCUT2D eigenvalue weighted by molar-refractivity contribution is 0.272. The number of aryl methyl sites for hydroxylation is 1. The molecule has 3 rings (SSSR count). The van der Waals surface area contributed by atoms with Gasteiger partial charge in [0.25, 0.3) is 0 Å². The number of hydrogen-bond acceptors (Lipinski definition) is 4. The number of benzene rings is 2. The van der Waals surface area contributed by atoms with Crippen LogP contribution in [0.4, 0.5) is 8.78 Å². The summed E-state index contributed by atoms with van der Waals surface area (Å²) in [6, 6.07) is 6.77. The summed E-state index contributed by atoms with van der Waals surface area (Å²) >= 11 is 6.06. The Morgan fingerprint density at radius 1 is 0.821 bits per heavy atom. The smallest absolute Gasteiger partial charge is 0.207 e. The molecule has 1 saturated heterocycles. The van der Waals surface area contributed by atoms with Crippen LogP contribution in [-0.2, 0) is 20.0 Å². The van der Waals surface area contributed by atoms with Crippen molar-refractivity contribution in [3.63, 3.8) is 0 Å². The van der Waals surface area contributed by atoms with Gasteiger partial charge in [-0.15, -0.1) is 0 Å². The molecule has 1 fully saturated rings. The Bertz CT molecular complexity index is 1030. The van der Waals surface area contributed by atoms with Crippen molar-refractivity contribution >= 4 is 31.6 Å². The standard InChI is InChI=1S/C17H17ClF2N2O4S2/c1-12-2-4-16(14(18)10-12)27(23,24)21-6-8-22(9-7-21)28(25,26)17-5-3-13(19)11-15(17)20/h2-5,10-11H,6-9H2,1H3. The molecule has 1 aliphatic rings. The molecular weight excluding hydrogens is 434 g/mol. The highest BCUT2D eigenvalue weighted by molar-refractivity contribution is 7.89. The van der Waals surface area contributed by atoms with Crippen LogP contribution < -0.4 is 0 Å². The van der Waals surface area contributed by atoms with Crippen molar-refractivity contribution in [1.82, 2.24) is 8.61 Å². The second kappa shape index (κ2) is 7.68. The van der Waals surface area contributed by atoms with Gasteiger partial charge in [-0.2, -0.15) is 8.61 Å². The monoisotopic (exact) mass is 450 g/mol. The summed E-state index contributed by atoms with van der Waals surface area (Å²) in [5, 5.41) is 0.0865. The Morgan fingerprint density at radius 2 is 1.32 bits per heavy atom. The number of halogens is 3. The third kappa shape index (κ3) is 3.92. The van der Waals surface area contributed by atoms with Crippen LogP contribution >= 0.6 is 11.6 Å². The molecule has 0 unspecified atom stereocenters. The van der Waals surface area contributed by atoms with Crippen LogP contribution in [0.1, 0.15) is 5.56 Å². The first-order chi connectivity index (χ1) is 13.0. The van der Waals surface area contributed by atoms with Crippen molar-refractivity contribution in [2.45, 2.75) is 16.7 Å². The molecule has 1 heterocycles. The Kier molecular flexibility index (Phi) is 5.79. The van der Waals surface area contributed by atoms with Gasteiger partial charge >= 0.3 is 0 Å². The zero-order valence-electron chi connectivity index (χ0n) is 14.8. The molecule has 0 atom stereocenters. The van der Waals surface area contributed by atoms with Gasteiger partial charge in [0.1, 0.15) is 21.4 Å². The van der Waals surface area contributed by atoms with E-state index in [4.69, 9.17) is 11.6 Å². The molecule has 28 heavy (non-hydrogen) atoms. The second-order valence-corrected chi connectivity index (χ2v) is 10.5. The van der Waals surface area contributed by atoms with Gasteiger partial charge in [-0.3, -0.25) is 0 Å². The van der Waals surface area contributed by atoms with Gasteiger partial charge in [-0.1, -0.05) is 17.7 Å². The Hall–Kier alpha value is -1.59. The van der Waals surface area contributed by atoms with Gasteiger partial charge < -0.3 is 0 Å². The Morgan fingerprint density at radius 3 is 1.82 bits per heavy atom. The first-order valence-electron chi connectivity index (χ1n) is 8.25. The van der Waals surface area contributed by atoms with E-state index in [1.807, 2.05) is 0 Å². The van der Waals surface area contributed by atoms with Crippen LogP contribution in [0.2, 0.25) is 5.02 Å². The normalized spacial score (nSPS) is 17.0. The molecular formula is C17H17ClF2N2O4S2. The average molecular weight is 451 g/mol. The molecule has 2 aromatic carbocycles. The minimum atomic E-state index is -4.21. The van der Waals surface area contributed by atoms with Crippen molar-refractivity contribution in [1.29, 1.82) is 0 Å². The summed E-state index contributed by atoms with van der Waals surface area (Å²) in [5.41, 5.74) is 0.807. The molecule has 0 saturated carbocycles. The van der Waals surface area contributed by atoms with Crippen molar-refractivity contribution in [3.05, 3.63) is 58.6 Å². The van der Waals surface area contributed by atoms with E-state index in [0.717, 1.165) is 26.3 Å². The quantitative estimate of drug-likeness (QED) is 0.717. The van der Waals surface area contributed by atoms with Gasteiger partial charge in [0.2, 0.25) is 20.0 Å². The van der Waals surface area contributed by atoms with E-state index in [1.54, 1.807) is 13.0 Å². The molecule has 0 amide bonds. The molecule has 0 radical (unpaired) electrons. The zero-order valence-corrected chi connectivity index (χ0v) is 17.2. The largest absolute Gasteiger partial charge is 0.246 e. The van der Waals surface area contributed by atoms with Gasteiger partial charge in [0, 0.05) is 32.2 Å². The summed E-state index contributed by atoms with van der Waals surface area (Å²) in [6.45, 7) is 1.22. The number of rotatable bonds is 4. The van der Waals surface area contributed by atoms with Gasteiger partial charge in [-0.05, 0) is 36.8 Å². The molecule has 0 N–H and O–H groups in total. The van der Waals surface area contributed by atoms with Crippen molar-refractivity contribution in [2.24, 2.45) is 0 Å². The van der Waals surface area contributed by atoms with Crippen LogP contribution in [0, 0.1) is 18.6 Å². The number of nitrogens with zero attached hydrogens (tertiary/aromatic N) is 2. The summed E-state index contributed by atoms with van der Waals surface area (Å²) in [4.78, 5) is -0.701. The highest BCUT2D eigenvalue weighted by Gasteiger charge is 2.35. The summed E-state index contributed by atoms with van der Waals surface area (Å²) < 4.78 is 79.9. The fraction of sp³-hybridized carbons (Fsp3) is 0.294. The molecule has 0 aliphatic carbocycles. The molecule has 0 spiro atoms. The summed E-state index contributed by atoms with van der Waals surface area (Å²) in [6.07, 6.45) is 0. The molecule has 0 bridgehead atoms. The maximum atomic E-state index is 13.9. The highest BCUT2D eigenvalue weighted by Crippen LogP contribution is 2.28. The van der Waals surface area contributed by atoms with Crippen molar-refractivity contribution in [2.75, 3.05) is 26.2 Å². The summed E-state index contributed by atoms with van der Waals surface area (Å²) in [7, 11) is -8.11. The SMILES string of the molecule is Cc1ccc(S(=O)(=O)N2CCN(S(=O)(=O)c3ccc(F)cc3F)CC2)c(Cl)c1. The van der Waals surface area contributed by atoms with E-state index in [2.05, 4.69) is 0 Å². The molecule has 11 heteroatoms. The predicted molar refractivity (Wildman–Crippen MR) is 100 cm³/mol. The maximum Gasteiger partial charge on any atom is 0.246 e. The average Bonchev–Trinajstić information content (AvgIpc) is 2.61. The minimum Gasteiger partial charge on any atom is -0.207 e. The first kappa shape index (κ1) is 21.1. The lowest BCUT2D eigenvalue weighted by Crippen LogP contribution is -2.50. The minimum absolute atomic E-state index is 0.0550. The third-order valence-corrected chi connectivity index (χ3v) is 8.73. The fourth-order valence-electron chi connectivity index (χ4n) is 2.93. The molecule has 152 valence electrons. The highest BCUT2D eigenvalue weighted by atomic mass is 35.5. The van der Waals surface area contributed by atoms with E-state index in [0.29, 0.717) is 6.07 Å². The van der Waals surface area contributed by atoms with Crippen LogP contribution in [0.3, 0.4) is 0 Å². The first-order valence-corrected chi connectivity index (χ1v) is 11.5. The molecule has 0 aromatic heterocycles. The topological polar surface area (TPSA) is 74.8 Å². The van der Waals surface area contributed by atoms with Crippen LogP contribution in [-0.4, -0.2) is 51.6 Å². The molecule has 6 nitrogen and oxygen atoms in total. The Labute approximate surface area is 167 Å². The predicted octanol–water partition coefficient (Wildman–Crippen LogP) is 2.62.